The molecule has 100 valence electrons. The van der Waals surface area contributed by atoms with Gasteiger partial charge in [0.25, 0.3) is 0 Å². The first kappa shape index (κ1) is 14.7. The molecule has 1 unspecified atom stereocenters. The second-order valence-corrected chi connectivity index (χ2v) is 6.11. The van der Waals surface area contributed by atoms with E-state index in [1.165, 1.54) is 11.1 Å². The third kappa shape index (κ3) is 3.44. The van der Waals surface area contributed by atoms with E-state index in [1.807, 2.05) is 12.1 Å². The predicted octanol–water partition coefficient (Wildman–Crippen LogP) is 6.24. The van der Waals surface area contributed by atoms with Crippen LogP contribution in [0.25, 0.3) is 0 Å². The summed E-state index contributed by atoms with van der Waals surface area (Å²) in [5.74, 6) is 0. The molecule has 2 rings (SSSR count). The highest BCUT2D eigenvalue weighted by Crippen LogP contribution is 2.37. The van der Waals surface area contributed by atoms with E-state index in [-0.39, 0.29) is 6.04 Å². The number of hydrogen-bond acceptors (Lipinski definition) is 1. The number of aryl methyl sites for hydroxylation is 1. The van der Waals surface area contributed by atoms with Crippen molar-refractivity contribution in [2.24, 2.45) is 0 Å². The molecule has 0 fully saturated rings. The standard InChI is InChI=1S/C15H14BrCl2N/c1-9-4-3-5-11(8-9)10(2)19-13-7-6-12(16)14(17)15(13)18/h3-8,10,19H,1-2H3. The number of anilines is 1. The third-order valence-electron chi connectivity index (χ3n) is 2.95. The van der Waals surface area contributed by atoms with E-state index in [0.717, 1.165) is 10.2 Å². The van der Waals surface area contributed by atoms with Crippen molar-refractivity contribution in [1.29, 1.82) is 0 Å². The van der Waals surface area contributed by atoms with Gasteiger partial charge in [0, 0.05) is 10.5 Å². The molecule has 0 bridgehead atoms. The van der Waals surface area contributed by atoms with Crippen molar-refractivity contribution >= 4 is 44.8 Å². The molecule has 0 amide bonds. The average Bonchev–Trinajstić information content (AvgIpc) is 2.39. The van der Waals surface area contributed by atoms with Crippen LogP contribution in [0.5, 0.6) is 0 Å². The Morgan fingerprint density at radius 1 is 1.11 bits per heavy atom. The van der Waals surface area contributed by atoms with Gasteiger partial charge in [0.15, 0.2) is 0 Å². The van der Waals surface area contributed by atoms with Crippen molar-refractivity contribution in [3.8, 4) is 0 Å². The molecule has 0 heterocycles. The smallest absolute Gasteiger partial charge is 0.0835 e. The highest BCUT2D eigenvalue weighted by Gasteiger charge is 2.11. The maximum absolute atomic E-state index is 6.24. The molecule has 4 heteroatoms. The molecular formula is C15H14BrCl2N. The van der Waals surface area contributed by atoms with Crippen LogP contribution in [0.1, 0.15) is 24.1 Å². The molecule has 2 aromatic carbocycles. The normalized spacial score (nSPS) is 12.3. The lowest BCUT2D eigenvalue weighted by molar-refractivity contribution is 0.883. The lowest BCUT2D eigenvalue weighted by atomic mass is 10.1. The molecule has 1 atom stereocenters. The minimum Gasteiger partial charge on any atom is -0.377 e. The topological polar surface area (TPSA) is 12.0 Å². The first-order valence-electron chi connectivity index (χ1n) is 5.95. The summed E-state index contributed by atoms with van der Waals surface area (Å²) >= 11 is 15.7. The molecule has 1 N–H and O–H groups in total. The van der Waals surface area contributed by atoms with Gasteiger partial charge in [-0.1, -0.05) is 53.0 Å². The van der Waals surface area contributed by atoms with Crippen LogP contribution in [0.15, 0.2) is 40.9 Å². The number of rotatable bonds is 3. The highest BCUT2D eigenvalue weighted by atomic mass is 79.9. The van der Waals surface area contributed by atoms with Crippen molar-refractivity contribution in [3.05, 3.63) is 62.0 Å². The Bertz CT molecular complexity index is 599. The second kappa shape index (κ2) is 6.17. The lowest BCUT2D eigenvalue weighted by Crippen LogP contribution is -2.07. The quantitative estimate of drug-likeness (QED) is 0.640. The van der Waals surface area contributed by atoms with Gasteiger partial charge in [-0.3, -0.25) is 0 Å². The molecule has 19 heavy (non-hydrogen) atoms. The van der Waals surface area contributed by atoms with Gasteiger partial charge in [0.1, 0.15) is 0 Å². The van der Waals surface area contributed by atoms with Gasteiger partial charge in [0.2, 0.25) is 0 Å². The van der Waals surface area contributed by atoms with E-state index in [2.05, 4.69) is 59.4 Å². The van der Waals surface area contributed by atoms with E-state index < -0.39 is 0 Å². The zero-order chi connectivity index (χ0) is 14.0. The SMILES string of the molecule is Cc1cccc(C(C)Nc2ccc(Br)c(Cl)c2Cl)c1. The molecule has 0 saturated heterocycles. The van der Waals surface area contributed by atoms with Gasteiger partial charge >= 0.3 is 0 Å². The van der Waals surface area contributed by atoms with E-state index in [4.69, 9.17) is 23.2 Å². The van der Waals surface area contributed by atoms with Gasteiger partial charge in [-0.15, -0.1) is 0 Å². The van der Waals surface area contributed by atoms with Crippen molar-refractivity contribution in [3.63, 3.8) is 0 Å². The molecule has 0 spiro atoms. The van der Waals surface area contributed by atoms with Crippen LogP contribution in [0.2, 0.25) is 10.0 Å². The van der Waals surface area contributed by atoms with Gasteiger partial charge in [0.05, 0.1) is 15.7 Å². The molecule has 0 aromatic heterocycles. The number of nitrogens with one attached hydrogen (secondary N) is 1. The maximum Gasteiger partial charge on any atom is 0.0835 e. The number of halogens is 3. The van der Waals surface area contributed by atoms with Crippen molar-refractivity contribution in [1.82, 2.24) is 0 Å². The Balaban J connectivity index is 2.24. The van der Waals surface area contributed by atoms with Gasteiger partial charge in [-0.05, 0) is 47.5 Å². The van der Waals surface area contributed by atoms with Crippen LogP contribution in [-0.4, -0.2) is 0 Å². The first-order valence-corrected chi connectivity index (χ1v) is 7.50. The van der Waals surface area contributed by atoms with Crippen LogP contribution in [-0.2, 0) is 0 Å². The summed E-state index contributed by atoms with van der Waals surface area (Å²) in [6, 6.07) is 12.4. The fourth-order valence-corrected chi connectivity index (χ4v) is 2.72. The summed E-state index contributed by atoms with van der Waals surface area (Å²) in [7, 11) is 0. The molecule has 2 aromatic rings. The molecular weight excluding hydrogens is 345 g/mol. The van der Waals surface area contributed by atoms with Crippen LogP contribution in [0, 0.1) is 6.92 Å². The highest BCUT2D eigenvalue weighted by molar-refractivity contribution is 9.10. The summed E-state index contributed by atoms with van der Waals surface area (Å²) in [5.41, 5.74) is 3.30. The zero-order valence-corrected chi connectivity index (χ0v) is 13.8. The maximum atomic E-state index is 6.24. The number of hydrogen-bond donors (Lipinski definition) is 1. The molecule has 1 nitrogen and oxygen atoms in total. The summed E-state index contributed by atoms with van der Waals surface area (Å²) in [5, 5.41) is 4.45. The van der Waals surface area contributed by atoms with Crippen LogP contribution in [0.4, 0.5) is 5.69 Å². The molecule has 0 aliphatic carbocycles. The van der Waals surface area contributed by atoms with Crippen molar-refractivity contribution < 1.29 is 0 Å². The third-order valence-corrected chi connectivity index (χ3v) is 4.72. The Morgan fingerprint density at radius 3 is 2.53 bits per heavy atom. The summed E-state index contributed by atoms with van der Waals surface area (Å²) in [6.07, 6.45) is 0. The largest absolute Gasteiger partial charge is 0.377 e. The average molecular weight is 359 g/mol. The van der Waals surface area contributed by atoms with E-state index in [0.29, 0.717) is 10.0 Å². The van der Waals surface area contributed by atoms with Crippen molar-refractivity contribution in [2.75, 3.05) is 5.32 Å². The molecule has 0 saturated carbocycles. The van der Waals surface area contributed by atoms with Gasteiger partial charge < -0.3 is 5.32 Å². The van der Waals surface area contributed by atoms with Crippen LogP contribution >= 0.6 is 39.1 Å². The zero-order valence-electron chi connectivity index (χ0n) is 10.7. The predicted molar refractivity (Wildman–Crippen MR) is 87.4 cm³/mol. The van der Waals surface area contributed by atoms with Gasteiger partial charge in [-0.2, -0.15) is 0 Å². The fourth-order valence-electron chi connectivity index (χ4n) is 1.89. The van der Waals surface area contributed by atoms with Crippen LogP contribution in [0.3, 0.4) is 0 Å². The molecule has 0 aliphatic rings. The monoisotopic (exact) mass is 357 g/mol. The van der Waals surface area contributed by atoms with Gasteiger partial charge in [-0.25, -0.2) is 0 Å². The van der Waals surface area contributed by atoms with Crippen molar-refractivity contribution in [2.45, 2.75) is 19.9 Å². The van der Waals surface area contributed by atoms with E-state index >= 15 is 0 Å². The Hall–Kier alpha value is -0.700. The first-order chi connectivity index (χ1) is 8.99. The minimum atomic E-state index is 0.162. The lowest BCUT2D eigenvalue weighted by Gasteiger charge is -2.18. The van der Waals surface area contributed by atoms with E-state index in [1.54, 1.807) is 0 Å². The van der Waals surface area contributed by atoms with Crippen LogP contribution < -0.4 is 5.32 Å². The summed E-state index contributed by atoms with van der Waals surface area (Å²) < 4.78 is 0.799. The summed E-state index contributed by atoms with van der Waals surface area (Å²) in [6.45, 7) is 4.18. The Kier molecular flexibility index (Phi) is 4.77. The second-order valence-electron chi connectivity index (χ2n) is 4.50. The number of benzene rings is 2. The minimum absolute atomic E-state index is 0.162. The fraction of sp³-hybridized carbons (Fsp3) is 0.200. The molecule has 0 radical (unpaired) electrons. The van der Waals surface area contributed by atoms with E-state index in [9.17, 15) is 0 Å². The Labute approximate surface area is 132 Å². The Morgan fingerprint density at radius 2 is 1.84 bits per heavy atom. The summed E-state index contributed by atoms with van der Waals surface area (Å²) in [4.78, 5) is 0. The molecule has 0 aliphatic heterocycles.